The third-order valence-electron chi connectivity index (χ3n) is 9.69. The number of ether oxygens (including phenoxy) is 9. The number of cyclic esters (lactones) is 1. The molecule has 10 atom stereocenters. The molecule has 0 saturated carbocycles. The average Bonchev–Trinajstić information content (AvgIpc) is 3.36. The van der Waals surface area contributed by atoms with Crippen LogP contribution in [0.2, 0.25) is 0 Å². The number of phosphoric acid groups is 1. The smallest absolute Gasteiger partial charge is 0.493 e. The van der Waals surface area contributed by atoms with Crippen molar-refractivity contribution in [3.63, 3.8) is 0 Å². The SMILES string of the molecule is COc1cc(C2(O)c3cc4c(cc3C(OC3OC5C(OC(C)OC5(O)O)C(O)C3O)C3C2CC(=O)OC3(O)O)OC(O)(O)O4)cc(OC)c1OP(=O)(O)O. The second kappa shape index (κ2) is 12.8. The number of aliphatic hydroxyl groups is 9. The number of hydrogen-bond donors (Lipinski definition) is 11. The van der Waals surface area contributed by atoms with Gasteiger partial charge in [-0.05, 0) is 47.9 Å². The molecule has 2 aromatic rings. The maximum absolute atomic E-state index is 13.0. The predicted octanol–water partition coefficient (Wildman–Crippen LogP) is -3.49. The third kappa shape index (κ3) is 6.34. The van der Waals surface area contributed by atoms with Crippen molar-refractivity contribution in [1.82, 2.24) is 0 Å². The maximum atomic E-state index is 13.0. The lowest BCUT2D eigenvalue weighted by molar-refractivity contribution is -0.499. The lowest BCUT2D eigenvalue weighted by Crippen LogP contribution is -2.70. The molecule has 0 radical (unpaired) electrons. The molecule has 4 aliphatic heterocycles. The van der Waals surface area contributed by atoms with Crippen LogP contribution in [0.25, 0.3) is 0 Å². The van der Waals surface area contributed by atoms with Crippen molar-refractivity contribution in [1.29, 1.82) is 0 Å². The summed E-state index contributed by atoms with van der Waals surface area (Å²) in [6.07, 6.45) is -17.0. The highest BCUT2D eigenvalue weighted by Gasteiger charge is 2.66. The van der Waals surface area contributed by atoms with Crippen LogP contribution in [0.3, 0.4) is 0 Å². The number of benzene rings is 2. The number of esters is 1. The van der Waals surface area contributed by atoms with Gasteiger partial charge in [0.05, 0.1) is 32.7 Å². The summed E-state index contributed by atoms with van der Waals surface area (Å²) >= 11 is 0. The van der Waals surface area contributed by atoms with E-state index in [9.17, 15) is 65.1 Å². The van der Waals surface area contributed by atoms with E-state index in [0.717, 1.165) is 38.5 Å². The van der Waals surface area contributed by atoms with Gasteiger partial charge in [-0.1, -0.05) is 0 Å². The Labute approximate surface area is 302 Å². The number of fused-ring (bicyclic) bond motifs is 4. The first-order chi connectivity index (χ1) is 25.0. The number of hydrogen-bond acceptors (Lipinski definition) is 21. The summed E-state index contributed by atoms with van der Waals surface area (Å²) < 4.78 is 64.3. The molecule has 0 aromatic heterocycles. The van der Waals surface area contributed by atoms with Crippen LogP contribution >= 0.6 is 7.82 Å². The van der Waals surface area contributed by atoms with Gasteiger partial charge in [-0.2, -0.15) is 0 Å². The minimum atomic E-state index is -5.25. The minimum absolute atomic E-state index is 0.309. The Morgan fingerprint density at radius 3 is 2.04 bits per heavy atom. The summed E-state index contributed by atoms with van der Waals surface area (Å²) in [5.41, 5.74) is -3.65. The zero-order valence-electron chi connectivity index (χ0n) is 28.0. The topological polar surface area (TPSA) is 349 Å². The molecule has 0 bridgehead atoms. The van der Waals surface area contributed by atoms with E-state index in [4.69, 9.17) is 47.2 Å². The first-order valence-corrected chi connectivity index (χ1v) is 17.4. The average molecular weight is 795 g/mol. The predicted molar refractivity (Wildman–Crippen MR) is 162 cm³/mol. The van der Waals surface area contributed by atoms with E-state index < -0.39 is 128 Å². The summed E-state index contributed by atoms with van der Waals surface area (Å²) in [4.78, 5) is 32.1. The van der Waals surface area contributed by atoms with Gasteiger partial charge in [0.15, 0.2) is 41.7 Å². The van der Waals surface area contributed by atoms with E-state index in [2.05, 4.69) is 0 Å². The number of aliphatic hydroxyl groups excluding tert-OH is 2. The van der Waals surface area contributed by atoms with Crippen molar-refractivity contribution in [2.45, 2.75) is 80.2 Å². The number of rotatable bonds is 7. The van der Waals surface area contributed by atoms with Crippen molar-refractivity contribution in [3.8, 4) is 28.7 Å². The first-order valence-electron chi connectivity index (χ1n) is 15.9. The monoisotopic (exact) mass is 794 g/mol. The Morgan fingerprint density at radius 2 is 1.44 bits per heavy atom. The van der Waals surface area contributed by atoms with Crippen molar-refractivity contribution >= 4 is 13.8 Å². The molecular formula is C30H35O23P. The maximum Gasteiger partial charge on any atom is 0.525 e. The van der Waals surface area contributed by atoms with Crippen molar-refractivity contribution < 1.29 is 112 Å². The van der Waals surface area contributed by atoms with Gasteiger partial charge in [-0.3, -0.25) is 29.5 Å². The van der Waals surface area contributed by atoms with E-state index in [1.54, 1.807) is 0 Å². The molecule has 3 saturated heterocycles. The Balaban J connectivity index is 1.43. The summed E-state index contributed by atoms with van der Waals surface area (Å²) in [5.74, 6) is -14.1. The highest BCUT2D eigenvalue weighted by atomic mass is 31.2. The third-order valence-corrected chi connectivity index (χ3v) is 10.1. The van der Waals surface area contributed by atoms with Crippen LogP contribution in [0.4, 0.5) is 0 Å². The number of carbonyl (C=O) groups excluding carboxylic acids is 1. The Morgan fingerprint density at radius 1 is 0.833 bits per heavy atom. The van der Waals surface area contributed by atoms with Gasteiger partial charge in [0.1, 0.15) is 23.9 Å². The molecule has 3 fully saturated rings. The van der Waals surface area contributed by atoms with Crippen LogP contribution in [0.1, 0.15) is 36.1 Å². The molecule has 5 aliphatic rings. The number of phosphoric ester groups is 1. The largest absolute Gasteiger partial charge is 0.525 e. The Hall–Kier alpha value is -3.46. The standard InChI is InChI=1S/C30H35O23P/c1-9-46-24-20(32)21(33)26(48-25(24)29(37,38)49-9)47-22-11-6-14-15(51-30(39,40)50-14)7-12(11)27(34,13-8-18(31)52-28(35,36)19(13)22)10-4-16(44-2)23(17(5-10)45-3)53-54(41,42)43/h4-7,9,13,19-22,24-26,32-40H,8H2,1-3H3,(H2,41,42,43). The molecule has 0 amide bonds. The van der Waals surface area contributed by atoms with Crippen LogP contribution < -0.4 is 23.5 Å². The molecule has 10 unspecified atom stereocenters. The molecule has 7 rings (SSSR count). The Bertz CT molecular complexity index is 1850. The molecule has 1 aliphatic carbocycles. The molecule has 4 heterocycles. The highest BCUT2D eigenvalue weighted by molar-refractivity contribution is 7.46. The van der Waals surface area contributed by atoms with Crippen molar-refractivity contribution in [2.24, 2.45) is 11.8 Å². The minimum Gasteiger partial charge on any atom is -0.493 e. The lowest BCUT2D eigenvalue weighted by Gasteiger charge is -2.55. The number of carbonyl (C=O) groups is 1. The first kappa shape index (κ1) is 38.8. The van der Waals surface area contributed by atoms with Gasteiger partial charge in [0.25, 0.3) is 0 Å². The Kier molecular flexibility index (Phi) is 9.19. The summed E-state index contributed by atoms with van der Waals surface area (Å²) in [6, 6.07) is 4.06. The lowest BCUT2D eigenvalue weighted by atomic mass is 9.59. The molecule has 23 nitrogen and oxygen atoms in total. The van der Waals surface area contributed by atoms with Gasteiger partial charge in [0, 0.05) is 5.92 Å². The zero-order chi connectivity index (χ0) is 39.5. The highest BCUT2D eigenvalue weighted by Crippen LogP contribution is 2.62. The van der Waals surface area contributed by atoms with Gasteiger partial charge in [0.2, 0.25) is 5.75 Å². The van der Waals surface area contributed by atoms with Crippen LogP contribution in [0.15, 0.2) is 24.3 Å². The fourth-order valence-electron chi connectivity index (χ4n) is 7.61. The molecule has 2 aromatic carbocycles. The number of methoxy groups -OCH3 is 2. The molecular weight excluding hydrogens is 759 g/mol. The van der Waals surface area contributed by atoms with E-state index in [1.165, 1.54) is 6.92 Å². The molecule has 0 spiro atoms. The second-order valence-corrected chi connectivity index (χ2v) is 14.2. The zero-order valence-corrected chi connectivity index (χ0v) is 28.9. The van der Waals surface area contributed by atoms with Gasteiger partial charge >= 0.3 is 31.9 Å². The quantitative estimate of drug-likeness (QED) is 0.0736. The van der Waals surface area contributed by atoms with E-state index >= 15 is 0 Å². The van der Waals surface area contributed by atoms with Crippen LogP contribution in [0, 0.1) is 11.8 Å². The fourth-order valence-corrected chi connectivity index (χ4v) is 8.03. The summed E-state index contributed by atoms with van der Waals surface area (Å²) in [5, 5.41) is 99.4. The van der Waals surface area contributed by atoms with E-state index in [1.807, 2.05) is 0 Å². The molecule has 24 heteroatoms. The molecule has 54 heavy (non-hydrogen) atoms. The van der Waals surface area contributed by atoms with E-state index in [-0.39, 0.29) is 16.7 Å². The van der Waals surface area contributed by atoms with Crippen LogP contribution in [-0.2, 0) is 38.6 Å². The summed E-state index contributed by atoms with van der Waals surface area (Å²) in [6.45, 7) is 1.27. The molecule has 298 valence electrons. The van der Waals surface area contributed by atoms with Gasteiger partial charge < -0.3 is 78.2 Å². The van der Waals surface area contributed by atoms with Gasteiger partial charge in [-0.15, -0.1) is 0 Å². The second-order valence-electron chi connectivity index (χ2n) is 13.1. The van der Waals surface area contributed by atoms with Crippen molar-refractivity contribution in [3.05, 3.63) is 41.0 Å². The van der Waals surface area contributed by atoms with Crippen LogP contribution in [-0.4, -0.2) is 131 Å². The molecule has 11 N–H and O–H groups in total. The van der Waals surface area contributed by atoms with Crippen LogP contribution in [0.5, 0.6) is 28.7 Å². The normalized spacial score (nSPS) is 35.9. The summed E-state index contributed by atoms with van der Waals surface area (Å²) in [7, 11) is -3.10. The fraction of sp³-hybridized carbons (Fsp3) is 0.567. The van der Waals surface area contributed by atoms with Crippen molar-refractivity contribution in [2.75, 3.05) is 14.2 Å². The van der Waals surface area contributed by atoms with E-state index in [0.29, 0.717) is 0 Å². The van der Waals surface area contributed by atoms with Gasteiger partial charge in [-0.25, -0.2) is 4.57 Å².